The van der Waals surface area contributed by atoms with E-state index >= 15 is 0 Å². The van der Waals surface area contributed by atoms with Crippen LogP contribution in [0.25, 0.3) is 0 Å². The van der Waals surface area contributed by atoms with Crippen molar-refractivity contribution < 1.29 is 9.53 Å². The highest BCUT2D eigenvalue weighted by atomic mass is 16.5. The van der Waals surface area contributed by atoms with Gasteiger partial charge in [-0.05, 0) is 36.8 Å². The second kappa shape index (κ2) is 6.73. The minimum Gasteiger partial charge on any atom is -0.490 e. The number of benzene rings is 2. The molecule has 0 radical (unpaired) electrons. The number of nitrogens with zero attached hydrogens (tertiary/aromatic N) is 1. The van der Waals surface area contributed by atoms with Crippen molar-refractivity contribution in [2.45, 2.75) is 25.9 Å². The highest BCUT2D eigenvalue weighted by Crippen LogP contribution is 2.21. The maximum atomic E-state index is 12.7. The number of rotatable bonds is 3. The molecule has 1 heterocycles. The zero-order chi connectivity index (χ0) is 16.2. The molecule has 0 saturated carbocycles. The lowest BCUT2D eigenvalue weighted by atomic mass is 10.0. The quantitative estimate of drug-likeness (QED) is 0.885. The van der Waals surface area contributed by atoms with Crippen LogP contribution in [0.1, 0.15) is 28.8 Å². The van der Waals surface area contributed by atoms with Crippen molar-refractivity contribution >= 4 is 11.6 Å². The summed E-state index contributed by atoms with van der Waals surface area (Å²) >= 11 is 0. The van der Waals surface area contributed by atoms with Crippen LogP contribution in [0.2, 0.25) is 0 Å². The van der Waals surface area contributed by atoms with Gasteiger partial charge < -0.3 is 15.4 Å². The number of likely N-dealkylation sites (tertiary alicyclic amines) is 1. The lowest BCUT2D eigenvalue weighted by molar-refractivity contribution is 0.0595. The van der Waals surface area contributed by atoms with Gasteiger partial charge in [0.1, 0.15) is 11.9 Å². The number of carbonyl (C=O) groups excluding carboxylic acids is 1. The van der Waals surface area contributed by atoms with E-state index in [4.69, 9.17) is 10.5 Å². The number of para-hydroxylation sites is 1. The summed E-state index contributed by atoms with van der Waals surface area (Å²) in [5.41, 5.74) is 8.10. The van der Waals surface area contributed by atoms with Crippen molar-refractivity contribution in [2.24, 2.45) is 0 Å². The van der Waals surface area contributed by atoms with Crippen molar-refractivity contribution in [3.8, 4) is 5.75 Å². The van der Waals surface area contributed by atoms with Gasteiger partial charge >= 0.3 is 0 Å². The molecular weight excluding hydrogens is 288 g/mol. The summed E-state index contributed by atoms with van der Waals surface area (Å²) in [4.78, 5) is 14.6. The fraction of sp³-hybridized carbons (Fsp3) is 0.316. The fourth-order valence-corrected chi connectivity index (χ4v) is 2.91. The van der Waals surface area contributed by atoms with Crippen LogP contribution in [0, 0.1) is 6.92 Å². The molecule has 1 saturated heterocycles. The van der Waals surface area contributed by atoms with Crippen molar-refractivity contribution in [3.63, 3.8) is 0 Å². The molecule has 4 nitrogen and oxygen atoms in total. The maximum absolute atomic E-state index is 12.7. The predicted octanol–water partition coefficient (Wildman–Crippen LogP) is 3.26. The molecule has 1 amide bonds. The zero-order valence-corrected chi connectivity index (χ0v) is 13.4. The molecule has 0 spiro atoms. The standard InChI is InChI=1S/C19H22N2O2/c1-14-7-8-15(20)13-18(14)19(22)21-11-9-17(10-12-21)23-16-5-3-2-4-6-16/h2-8,13,17H,9-12,20H2,1H3. The van der Waals surface area contributed by atoms with Crippen LogP contribution in [0.4, 0.5) is 5.69 Å². The summed E-state index contributed by atoms with van der Waals surface area (Å²) in [7, 11) is 0. The van der Waals surface area contributed by atoms with E-state index in [0.717, 1.165) is 24.2 Å². The zero-order valence-electron chi connectivity index (χ0n) is 13.4. The van der Waals surface area contributed by atoms with Gasteiger partial charge in [0.2, 0.25) is 0 Å². The molecule has 0 bridgehead atoms. The Balaban J connectivity index is 1.60. The second-order valence-corrected chi connectivity index (χ2v) is 6.00. The Bertz CT molecular complexity index is 677. The first kappa shape index (κ1) is 15.4. The number of ether oxygens (including phenoxy) is 1. The number of amides is 1. The number of piperidine rings is 1. The van der Waals surface area contributed by atoms with Gasteiger partial charge in [0, 0.05) is 37.2 Å². The van der Waals surface area contributed by atoms with Crippen LogP contribution in [0.5, 0.6) is 5.75 Å². The van der Waals surface area contributed by atoms with Crippen molar-refractivity contribution in [3.05, 3.63) is 59.7 Å². The largest absolute Gasteiger partial charge is 0.490 e. The third kappa shape index (κ3) is 3.65. The van der Waals surface area contributed by atoms with E-state index in [1.807, 2.05) is 54.3 Å². The molecule has 0 unspecified atom stereocenters. The minimum absolute atomic E-state index is 0.0629. The summed E-state index contributed by atoms with van der Waals surface area (Å²) < 4.78 is 5.97. The molecule has 2 N–H and O–H groups in total. The maximum Gasteiger partial charge on any atom is 0.254 e. The Morgan fingerprint density at radius 3 is 2.52 bits per heavy atom. The molecule has 2 aromatic carbocycles. The number of carbonyl (C=O) groups is 1. The van der Waals surface area contributed by atoms with Gasteiger partial charge in [-0.2, -0.15) is 0 Å². The monoisotopic (exact) mass is 310 g/mol. The lowest BCUT2D eigenvalue weighted by Crippen LogP contribution is -2.42. The Kier molecular flexibility index (Phi) is 4.51. The van der Waals surface area contributed by atoms with Gasteiger partial charge in [0.15, 0.2) is 0 Å². The van der Waals surface area contributed by atoms with E-state index in [1.165, 1.54) is 0 Å². The molecule has 1 aliphatic rings. The smallest absolute Gasteiger partial charge is 0.254 e. The number of nitrogen functional groups attached to an aromatic ring is 1. The molecule has 4 heteroatoms. The van der Waals surface area contributed by atoms with Crippen molar-refractivity contribution in [1.82, 2.24) is 4.90 Å². The van der Waals surface area contributed by atoms with Crippen LogP contribution in [0.15, 0.2) is 48.5 Å². The number of hydrogen-bond acceptors (Lipinski definition) is 3. The van der Waals surface area contributed by atoms with E-state index in [2.05, 4.69) is 0 Å². The molecule has 23 heavy (non-hydrogen) atoms. The second-order valence-electron chi connectivity index (χ2n) is 6.00. The van der Waals surface area contributed by atoms with Crippen molar-refractivity contribution in [2.75, 3.05) is 18.8 Å². The highest BCUT2D eigenvalue weighted by Gasteiger charge is 2.25. The molecule has 0 aliphatic carbocycles. The predicted molar refractivity (Wildman–Crippen MR) is 91.6 cm³/mol. The molecule has 0 aromatic heterocycles. The molecule has 3 rings (SSSR count). The average Bonchev–Trinajstić information content (AvgIpc) is 2.58. The fourth-order valence-electron chi connectivity index (χ4n) is 2.91. The third-order valence-electron chi connectivity index (χ3n) is 4.27. The first-order valence-electron chi connectivity index (χ1n) is 8.00. The number of aryl methyl sites for hydroxylation is 1. The molecule has 120 valence electrons. The topological polar surface area (TPSA) is 55.6 Å². The van der Waals surface area contributed by atoms with Crippen LogP contribution < -0.4 is 10.5 Å². The first-order chi connectivity index (χ1) is 11.1. The lowest BCUT2D eigenvalue weighted by Gasteiger charge is -2.32. The number of hydrogen-bond donors (Lipinski definition) is 1. The Morgan fingerprint density at radius 2 is 1.83 bits per heavy atom. The minimum atomic E-state index is 0.0629. The summed E-state index contributed by atoms with van der Waals surface area (Å²) in [6.45, 7) is 3.37. The third-order valence-corrected chi connectivity index (χ3v) is 4.27. The van der Waals surface area contributed by atoms with E-state index < -0.39 is 0 Å². The van der Waals surface area contributed by atoms with Gasteiger partial charge in [-0.1, -0.05) is 24.3 Å². The van der Waals surface area contributed by atoms with Crippen LogP contribution in [-0.2, 0) is 0 Å². The van der Waals surface area contributed by atoms with Gasteiger partial charge in [-0.3, -0.25) is 4.79 Å². The molecule has 1 fully saturated rings. The van der Waals surface area contributed by atoms with Gasteiger partial charge in [-0.15, -0.1) is 0 Å². The molecule has 0 atom stereocenters. The first-order valence-corrected chi connectivity index (χ1v) is 8.00. The van der Waals surface area contributed by atoms with Crippen LogP contribution in [-0.4, -0.2) is 30.0 Å². The van der Waals surface area contributed by atoms with E-state index in [9.17, 15) is 4.79 Å². The van der Waals surface area contributed by atoms with E-state index in [0.29, 0.717) is 24.3 Å². The Morgan fingerprint density at radius 1 is 1.13 bits per heavy atom. The van der Waals surface area contributed by atoms with Crippen LogP contribution >= 0.6 is 0 Å². The average molecular weight is 310 g/mol. The van der Waals surface area contributed by atoms with Gasteiger partial charge in [-0.25, -0.2) is 0 Å². The molecular formula is C19H22N2O2. The van der Waals surface area contributed by atoms with Crippen LogP contribution in [0.3, 0.4) is 0 Å². The SMILES string of the molecule is Cc1ccc(N)cc1C(=O)N1CCC(Oc2ccccc2)CC1. The number of nitrogens with two attached hydrogens (primary N) is 1. The summed E-state index contributed by atoms with van der Waals surface area (Å²) in [6, 6.07) is 15.3. The molecule has 2 aromatic rings. The van der Waals surface area contributed by atoms with E-state index in [1.54, 1.807) is 6.07 Å². The molecule has 1 aliphatic heterocycles. The highest BCUT2D eigenvalue weighted by molar-refractivity contribution is 5.96. The summed E-state index contributed by atoms with van der Waals surface area (Å²) in [5.74, 6) is 0.955. The summed E-state index contributed by atoms with van der Waals surface area (Å²) in [5, 5.41) is 0. The van der Waals surface area contributed by atoms with Gasteiger partial charge in [0.05, 0.1) is 0 Å². The van der Waals surface area contributed by atoms with Crippen molar-refractivity contribution in [1.29, 1.82) is 0 Å². The van der Waals surface area contributed by atoms with E-state index in [-0.39, 0.29) is 12.0 Å². The number of anilines is 1. The Labute approximate surface area is 136 Å². The Hall–Kier alpha value is -2.49. The summed E-state index contributed by atoms with van der Waals surface area (Å²) in [6.07, 6.45) is 1.87. The normalized spacial score (nSPS) is 15.4. The van der Waals surface area contributed by atoms with Gasteiger partial charge in [0.25, 0.3) is 5.91 Å².